The van der Waals surface area contributed by atoms with Crippen molar-refractivity contribution in [2.75, 3.05) is 0 Å². The average molecular weight is 220 g/mol. The highest BCUT2D eigenvalue weighted by Crippen LogP contribution is 2.09. The predicted octanol–water partition coefficient (Wildman–Crippen LogP) is 2.37. The number of esters is 1. The van der Waals surface area contributed by atoms with Gasteiger partial charge in [-0.05, 0) is 12.5 Å². The quantitative estimate of drug-likeness (QED) is 0.612. The summed E-state index contributed by atoms with van der Waals surface area (Å²) in [5.74, 6) is -0.0809. The highest BCUT2D eigenvalue weighted by Gasteiger charge is 2.03. The number of ether oxygens (including phenoxy) is 1. The first kappa shape index (κ1) is 12.4. The number of hydrogen-bond acceptors (Lipinski definition) is 4. The molecular formula is C12H16N2O2. The highest BCUT2D eigenvalue weighted by molar-refractivity contribution is 5.83. The van der Waals surface area contributed by atoms with E-state index < -0.39 is 0 Å². The molecule has 4 heteroatoms. The summed E-state index contributed by atoms with van der Waals surface area (Å²) < 4.78 is 4.88. The molecule has 1 N–H and O–H groups in total. The molecule has 1 heterocycles. The van der Waals surface area contributed by atoms with Crippen LogP contribution in [0.5, 0.6) is 5.88 Å². The first-order chi connectivity index (χ1) is 7.61. The van der Waals surface area contributed by atoms with Crippen LogP contribution >= 0.6 is 0 Å². The number of rotatable bonds is 5. The van der Waals surface area contributed by atoms with Crippen molar-refractivity contribution in [3.05, 3.63) is 23.9 Å². The first-order valence-corrected chi connectivity index (χ1v) is 5.32. The summed E-state index contributed by atoms with van der Waals surface area (Å²) in [5, 5.41) is 7.69. The van der Waals surface area contributed by atoms with Crippen LogP contribution in [-0.4, -0.2) is 16.7 Å². The maximum atomic E-state index is 10.7. The Hall–Kier alpha value is -1.71. The lowest BCUT2D eigenvalue weighted by atomic mass is 10.1. The lowest BCUT2D eigenvalue weighted by Gasteiger charge is -2.04. The van der Waals surface area contributed by atoms with Gasteiger partial charge in [0.05, 0.1) is 5.69 Å². The standard InChI is InChI=1S/C12H16N2O2/c1-3-5-10(13)8-11-6-4-7-12(14-11)16-9(2)15/h4,6-7,13H,3,5,8H2,1-2H3. The summed E-state index contributed by atoms with van der Waals surface area (Å²) >= 11 is 0. The molecule has 0 saturated heterocycles. The molecule has 0 fully saturated rings. The number of hydrogen-bond donors (Lipinski definition) is 1. The van der Waals surface area contributed by atoms with Crippen molar-refractivity contribution in [1.82, 2.24) is 4.98 Å². The van der Waals surface area contributed by atoms with Crippen LogP contribution in [0.3, 0.4) is 0 Å². The average Bonchev–Trinajstić information content (AvgIpc) is 2.17. The molecule has 0 amide bonds. The molecule has 86 valence electrons. The zero-order valence-electron chi connectivity index (χ0n) is 9.62. The van der Waals surface area contributed by atoms with E-state index in [-0.39, 0.29) is 5.97 Å². The van der Waals surface area contributed by atoms with E-state index in [0.717, 1.165) is 18.5 Å². The third-order valence-corrected chi connectivity index (χ3v) is 1.98. The molecule has 0 aliphatic rings. The Balaban J connectivity index is 2.67. The molecule has 0 spiro atoms. The van der Waals surface area contributed by atoms with E-state index in [4.69, 9.17) is 10.1 Å². The second kappa shape index (κ2) is 6.00. The minimum atomic E-state index is -0.381. The minimum absolute atomic E-state index is 0.300. The fourth-order valence-electron chi connectivity index (χ4n) is 1.37. The van der Waals surface area contributed by atoms with Gasteiger partial charge in [0.25, 0.3) is 0 Å². The van der Waals surface area contributed by atoms with Gasteiger partial charge in [-0.2, -0.15) is 0 Å². The van der Waals surface area contributed by atoms with E-state index in [0.29, 0.717) is 18.0 Å². The normalized spacial score (nSPS) is 9.88. The van der Waals surface area contributed by atoms with Crippen LogP contribution in [0, 0.1) is 5.41 Å². The van der Waals surface area contributed by atoms with Gasteiger partial charge in [0.15, 0.2) is 0 Å². The molecule has 1 rings (SSSR count). The summed E-state index contributed by atoms with van der Waals surface area (Å²) in [6.07, 6.45) is 2.25. The molecule has 0 aliphatic carbocycles. The van der Waals surface area contributed by atoms with Crippen molar-refractivity contribution < 1.29 is 9.53 Å². The molecule has 0 radical (unpaired) electrons. The zero-order valence-corrected chi connectivity index (χ0v) is 9.62. The molecular weight excluding hydrogens is 204 g/mol. The maximum Gasteiger partial charge on any atom is 0.309 e. The van der Waals surface area contributed by atoms with Crippen molar-refractivity contribution in [3.8, 4) is 5.88 Å². The van der Waals surface area contributed by atoms with Crippen molar-refractivity contribution in [2.45, 2.75) is 33.1 Å². The summed E-state index contributed by atoms with van der Waals surface area (Å²) in [5.41, 5.74) is 1.41. The van der Waals surface area contributed by atoms with Gasteiger partial charge >= 0.3 is 5.97 Å². The molecule has 0 aromatic carbocycles. The number of nitrogens with one attached hydrogen (secondary N) is 1. The van der Waals surface area contributed by atoms with Crippen LogP contribution in [0.25, 0.3) is 0 Å². The van der Waals surface area contributed by atoms with Gasteiger partial charge in [0.1, 0.15) is 0 Å². The highest BCUT2D eigenvalue weighted by atomic mass is 16.5. The summed E-state index contributed by atoms with van der Waals surface area (Å²) in [7, 11) is 0. The van der Waals surface area contributed by atoms with E-state index in [9.17, 15) is 4.79 Å². The zero-order chi connectivity index (χ0) is 12.0. The Bertz CT molecular complexity index is 388. The van der Waals surface area contributed by atoms with Gasteiger partial charge in [-0.15, -0.1) is 0 Å². The molecule has 1 aromatic rings. The molecule has 0 unspecified atom stereocenters. The summed E-state index contributed by atoms with van der Waals surface area (Å²) in [6.45, 7) is 3.38. The Labute approximate surface area is 95.2 Å². The molecule has 4 nitrogen and oxygen atoms in total. The van der Waals surface area contributed by atoms with Crippen LogP contribution in [0.4, 0.5) is 0 Å². The van der Waals surface area contributed by atoms with Gasteiger partial charge in [0.2, 0.25) is 5.88 Å². The summed E-state index contributed by atoms with van der Waals surface area (Å²) in [6, 6.07) is 5.24. The number of pyridine rings is 1. The third kappa shape index (κ3) is 4.21. The molecule has 0 atom stereocenters. The maximum absolute atomic E-state index is 10.7. The number of carbonyl (C=O) groups excluding carboxylic acids is 1. The lowest BCUT2D eigenvalue weighted by Crippen LogP contribution is -2.06. The van der Waals surface area contributed by atoms with Crippen molar-refractivity contribution in [2.24, 2.45) is 0 Å². The van der Waals surface area contributed by atoms with Gasteiger partial charge < -0.3 is 10.1 Å². The molecule has 0 bridgehead atoms. The Morgan fingerprint density at radius 1 is 1.50 bits per heavy atom. The molecule has 16 heavy (non-hydrogen) atoms. The Kier molecular flexibility index (Phi) is 4.64. The van der Waals surface area contributed by atoms with E-state index in [1.54, 1.807) is 12.1 Å². The van der Waals surface area contributed by atoms with Gasteiger partial charge in [0, 0.05) is 25.1 Å². The van der Waals surface area contributed by atoms with Crippen LogP contribution in [0.2, 0.25) is 0 Å². The summed E-state index contributed by atoms with van der Waals surface area (Å²) in [4.78, 5) is 14.9. The second-order valence-electron chi connectivity index (χ2n) is 3.59. The monoisotopic (exact) mass is 220 g/mol. The van der Waals surface area contributed by atoms with E-state index in [2.05, 4.69) is 4.98 Å². The van der Waals surface area contributed by atoms with Crippen LogP contribution in [-0.2, 0) is 11.2 Å². The van der Waals surface area contributed by atoms with Crippen molar-refractivity contribution in [3.63, 3.8) is 0 Å². The van der Waals surface area contributed by atoms with Crippen LogP contribution in [0.15, 0.2) is 18.2 Å². The smallest absolute Gasteiger partial charge is 0.309 e. The number of nitrogens with zero attached hydrogens (tertiary/aromatic N) is 1. The minimum Gasteiger partial charge on any atom is -0.408 e. The van der Waals surface area contributed by atoms with Crippen molar-refractivity contribution >= 4 is 11.7 Å². The third-order valence-electron chi connectivity index (χ3n) is 1.98. The van der Waals surface area contributed by atoms with E-state index in [1.165, 1.54) is 6.92 Å². The van der Waals surface area contributed by atoms with Gasteiger partial charge in [-0.25, -0.2) is 4.98 Å². The molecule has 1 aromatic heterocycles. The van der Waals surface area contributed by atoms with Gasteiger partial charge in [-0.3, -0.25) is 4.79 Å². The molecule has 0 aliphatic heterocycles. The Morgan fingerprint density at radius 2 is 2.25 bits per heavy atom. The topological polar surface area (TPSA) is 63.0 Å². The SMILES string of the molecule is CCCC(=N)Cc1cccc(OC(C)=O)n1. The van der Waals surface area contributed by atoms with Gasteiger partial charge in [-0.1, -0.05) is 19.4 Å². The number of carbonyl (C=O) groups is 1. The number of aromatic nitrogens is 1. The largest absolute Gasteiger partial charge is 0.408 e. The fourth-order valence-corrected chi connectivity index (χ4v) is 1.37. The fraction of sp³-hybridized carbons (Fsp3) is 0.417. The van der Waals surface area contributed by atoms with E-state index >= 15 is 0 Å². The van der Waals surface area contributed by atoms with Crippen molar-refractivity contribution in [1.29, 1.82) is 5.41 Å². The first-order valence-electron chi connectivity index (χ1n) is 5.32. The molecule has 0 saturated carbocycles. The Morgan fingerprint density at radius 3 is 2.88 bits per heavy atom. The second-order valence-corrected chi connectivity index (χ2v) is 3.59. The predicted molar refractivity (Wildman–Crippen MR) is 61.9 cm³/mol. The van der Waals surface area contributed by atoms with Crippen LogP contribution in [0.1, 0.15) is 32.4 Å². The van der Waals surface area contributed by atoms with E-state index in [1.807, 2.05) is 13.0 Å². The van der Waals surface area contributed by atoms with Crippen LogP contribution < -0.4 is 4.74 Å². The lowest BCUT2D eigenvalue weighted by molar-refractivity contribution is -0.132.